The fourth-order valence-electron chi connectivity index (χ4n) is 2.32. The number of nitrogens with one attached hydrogen (secondary N) is 2. The molecule has 2 rings (SSSR count). The smallest absolute Gasteiger partial charge is 0.226 e. The lowest BCUT2D eigenvalue weighted by Gasteiger charge is -2.10. The minimum atomic E-state index is -0.146. The lowest BCUT2D eigenvalue weighted by atomic mass is 10.1. The predicted molar refractivity (Wildman–Crippen MR) is 110 cm³/mol. The first-order chi connectivity index (χ1) is 12.3. The molecule has 0 heterocycles. The lowest BCUT2D eigenvalue weighted by Crippen LogP contribution is -2.27. The maximum Gasteiger partial charge on any atom is 0.226 e. The minimum Gasteiger partial charge on any atom is -0.356 e. The van der Waals surface area contributed by atoms with Crippen LogP contribution in [0.3, 0.4) is 0 Å². The number of rotatable bonds is 7. The quantitative estimate of drug-likeness (QED) is 0.604. The van der Waals surface area contributed by atoms with Crippen molar-refractivity contribution in [3.8, 4) is 0 Å². The van der Waals surface area contributed by atoms with Gasteiger partial charge in [0, 0.05) is 39.6 Å². The van der Waals surface area contributed by atoms with Crippen molar-refractivity contribution in [3.63, 3.8) is 0 Å². The molecule has 0 fully saturated rings. The maximum absolute atomic E-state index is 12.0. The van der Waals surface area contributed by atoms with E-state index in [0.717, 1.165) is 21.3 Å². The second kappa shape index (κ2) is 9.95. The van der Waals surface area contributed by atoms with Gasteiger partial charge in [-0.3, -0.25) is 9.59 Å². The zero-order valence-electron chi connectivity index (χ0n) is 14.2. The van der Waals surface area contributed by atoms with Crippen LogP contribution < -0.4 is 10.6 Å². The molecule has 0 atom stereocenters. The molecule has 4 nitrogen and oxygen atoms in total. The Balaban J connectivity index is 1.72. The molecule has 26 heavy (non-hydrogen) atoms. The van der Waals surface area contributed by atoms with Crippen molar-refractivity contribution in [2.75, 3.05) is 11.9 Å². The van der Waals surface area contributed by atoms with Crippen LogP contribution in [0.1, 0.15) is 24.0 Å². The Hall–Kier alpha value is -1.56. The van der Waals surface area contributed by atoms with Crippen LogP contribution in [0.4, 0.5) is 5.69 Å². The van der Waals surface area contributed by atoms with E-state index in [4.69, 9.17) is 23.2 Å². The summed E-state index contributed by atoms with van der Waals surface area (Å²) in [6.45, 7) is 2.21. The minimum absolute atomic E-state index is 0.123. The van der Waals surface area contributed by atoms with Crippen molar-refractivity contribution in [3.05, 3.63) is 62.0 Å². The molecule has 2 aromatic carbocycles. The van der Waals surface area contributed by atoms with Gasteiger partial charge >= 0.3 is 0 Å². The van der Waals surface area contributed by atoms with Crippen molar-refractivity contribution >= 4 is 56.6 Å². The summed E-state index contributed by atoms with van der Waals surface area (Å²) >= 11 is 15.3. The van der Waals surface area contributed by atoms with Crippen molar-refractivity contribution in [2.24, 2.45) is 0 Å². The Kier molecular flexibility index (Phi) is 7.94. The summed E-state index contributed by atoms with van der Waals surface area (Å²) in [6, 6.07) is 10.9. The van der Waals surface area contributed by atoms with Crippen LogP contribution in [0.2, 0.25) is 10.0 Å². The van der Waals surface area contributed by atoms with Crippen molar-refractivity contribution in [2.45, 2.75) is 26.2 Å². The number of anilines is 1. The largest absolute Gasteiger partial charge is 0.356 e. The fourth-order valence-corrected chi connectivity index (χ4v) is 3.18. The summed E-state index contributed by atoms with van der Waals surface area (Å²) in [4.78, 5) is 23.9. The number of amides is 2. The second-order valence-corrected chi connectivity index (χ2v) is 7.60. The number of halogens is 3. The third kappa shape index (κ3) is 6.63. The first-order valence-electron chi connectivity index (χ1n) is 8.12. The van der Waals surface area contributed by atoms with Crippen molar-refractivity contribution in [1.82, 2.24) is 5.32 Å². The number of benzene rings is 2. The zero-order valence-corrected chi connectivity index (χ0v) is 17.3. The number of carbonyl (C=O) groups is 2. The number of aryl methyl sites for hydroxylation is 2. The van der Waals surface area contributed by atoms with Gasteiger partial charge in [-0.05, 0) is 48.7 Å². The molecule has 0 aliphatic heterocycles. The van der Waals surface area contributed by atoms with Gasteiger partial charge < -0.3 is 10.6 Å². The van der Waals surface area contributed by atoms with E-state index in [2.05, 4.69) is 26.6 Å². The predicted octanol–water partition coefficient (Wildman–Crippen LogP) is 5.14. The molecule has 0 aromatic heterocycles. The molecule has 0 aliphatic carbocycles. The van der Waals surface area contributed by atoms with Crippen LogP contribution >= 0.6 is 39.1 Å². The molecule has 0 unspecified atom stereocenters. The molecular formula is C19H19BrCl2N2O2. The monoisotopic (exact) mass is 456 g/mol. The molecule has 2 amide bonds. The van der Waals surface area contributed by atoms with Gasteiger partial charge in [0.1, 0.15) is 0 Å². The van der Waals surface area contributed by atoms with Gasteiger partial charge in [-0.25, -0.2) is 0 Å². The Morgan fingerprint density at radius 2 is 1.81 bits per heavy atom. The topological polar surface area (TPSA) is 58.2 Å². The summed E-state index contributed by atoms with van der Waals surface area (Å²) < 4.78 is 0.896. The standard InChI is InChI=1S/C19H19BrCl2N2O2/c1-12-2-5-14(20)10-17(12)24-19(26)8-9-23-18(25)7-4-13-3-6-15(21)11-16(13)22/h2-3,5-6,10-11H,4,7-9H2,1H3,(H,23,25)(H,24,26). The lowest BCUT2D eigenvalue weighted by molar-refractivity contribution is -0.121. The highest BCUT2D eigenvalue weighted by Crippen LogP contribution is 2.22. The molecule has 0 saturated carbocycles. The fraction of sp³-hybridized carbons (Fsp3) is 0.263. The molecule has 138 valence electrons. The highest BCUT2D eigenvalue weighted by molar-refractivity contribution is 9.10. The van der Waals surface area contributed by atoms with Gasteiger partial charge in [-0.1, -0.05) is 51.3 Å². The molecule has 2 N–H and O–H groups in total. The molecule has 0 bridgehead atoms. The summed E-state index contributed by atoms with van der Waals surface area (Å²) in [5, 5.41) is 6.71. The van der Waals surface area contributed by atoms with Crippen LogP contribution in [0, 0.1) is 6.92 Å². The van der Waals surface area contributed by atoms with Crippen LogP contribution in [0.25, 0.3) is 0 Å². The van der Waals surface area contributed by atoms with E-state index in [1.807, 2.05) is 31.2 Å². The van der Waals surface area contributed by atoms with Gasteiger partial charge in [0.15, 0.2) is 0 Å². The zero-order chi connectivity index (χ0) is 19.1. The summed E-state index contributed by atoms with van der Waals surface area (Å²) in [5.41, 5.74) is 2.60. The van der Waals surface area contributed by atoms with Crippen LogP contribution in [-0.4, -0.2) is 18.4 Å². The Labute approximate surface area is 171 Å². The molecule has 0 saturated heterocycles. The van der Waals surface area contributed by atoms with Gasteiger partial charge in [0.2, 0.25) is 11.8 Å². The van der Waals surface area contributed by atoms with Gasteiger partial charge in [-0.15, -0.1) is 0 Å². The SMILES string of the molecule is Cc1ccc(Br)cc1NC(=O)CCNC(=O)CCc1ccc(Cl)cc1Cl. The summed E-state index contributed by atoms with van der Waals surface area (Å²) in [6.07, 6.45) is 1.03. The first kappa shape index (κ1) is 20.7. The number of hydrogen-bond acceptors (Lipinski definition) is 2. The van der Waals surface area contributed by atoms with E-state index in [9.17, 15) is 9.59 Å². The van der Waals surface area contributed by atoms with Crippen LogP contribution in [-0.2, 0) is 16.0 Å². The van der Waals surface area contributed by atoms with Gasteiger partial charge in [0.05, 0.1) is 0 Å². The Morgan fingerprint density at radius 1 is 1.04 bits per heavy atom. The normalized spacial score (nSPS) is 10.5. The third-order valence-electron chi connectivity index (χ3n) is 3.78. The highest BCUT2D eigenvalue weighted by atomic mass is 79.9. The van der Waals surface area contributed by atoms with E-state index in [-0.39, 0.29) is 24.8 Å². The average molecular weight is 458 g/mol. The first-order valence-corrected chi connectivity index (χ1v) is 9.66. The molecule has 0 spiro atoms. The number of hydrogen-bond donors (Lipinski definition) is 2. The van der Waals surface area contributed by atoms with E-state index in [1.54, 1.807) is 12.1 Å². The maximum atomic E-state index is 12.0. The van der Waals surface area contributed by atoms with E-state index < -0.39 is 0 Å². The summed E-state index contributed by atoms with van der Waals surface area (Å²) in [5.74, 6) is -0.269. The van der Waals surface area contributed by atoms with Crippen LogP contribution in [0.15, 0.2) is 40.9 Å². The van der Waals surface area contributed by atoms with Crippen molar-refractivity contribution < 1.29 is 9.59 Å². The second-order valence-electron chi connectivity index (χ2n) is 5.84. The molecular weight excluding hydrogens is 439 g/mol. The average Bonchev–Trinajstić information content (AvgIpc) is 2.57. The summed E-state index contributed by atoms with van der Waals surface area (Å²) in [7, 11) is 0. The Morgan fingerprint density at radius 3 is 2.54 bits per heavy atom. The van der Waals surface area contributed by atoms with E-state index in [0.29, 0.717) is 22.9 Å². The van der Waals surface area contributed by atoms with E-state index >= 15 is 0 Å². The van der Waals surface area contributed by atoms with E-state index in [1.165, 1.54) is 0 Å². The number of carbonyl (C=O) groups excluding carboxylic acids is 2. The Bertz CT molecular complexity index is 812. The molecule has 0 radical (unpaired) electrons. The molecule has 7 heteroatoms. The van der Waals surface area contributed by atoms with Crippen molar-refractivity contribution in [1.29, 1.82) is 0 Å². The van der Waals surface area contributed by atoms with Gasteiger partial charge in [0.25, 0.3) is 0 Å². The highest BCUT2D eigenvalue weighted by Gasteiger charge is 2.08. The third-order valence-corrected chi connectivity index (χ3v) is 4.86. The molecule has 2 aromatic rings. The van der Waals surface area contributed by atoms with Gasteiger partial charge in [-0.2, -0.15) is 0 Å². The van der Waals surface area contributed by atoms with Crippen LogP contribution in [0.5, 0.6) is 0 Å². The molecule has 0 aliphatic rings.